The Balaban J connectivity index is 1.62. The van der Waals surface area contributed by atoms with Crippen LogP contribution in [0.4, 0.5) is 0 Å². The number of rotatable bonds is 7. The molecule has 0 aliphatic carbocycles. The number of aryl methyl sites for hydroxylation is 1. The number of piperazine rings is 1. The van der Waals surface area contributed by atoms with Gasteiger partial charge in [0.05, 0.1) is 21.3 Å². The molecule has 6 nitrogen and oxygen atoms in total. The molecule has 2 aromatic rings. The summed E-state index contributed by atoms with van der Waals surface area (Å²) in [5.74, 6) is 2.38. The number of methoxy groups -OCH3 is 3. The molecule has 3 rings (SSSR count). The van der Waals surface area contributed by atoms with Crippen molar-refractivity contribution in [3.05, 3.63) is 45.4 Å². The summed E-state index contributed by atoms with van der Waals surface area (Å²) >= 11 is 3.52. The quantitative estimate of drug-likeness (QED) is 0.672. The van der Waals surface area contributed by atoms with Gasteiger partial charge >= 0.3 is 0 Å². The van der Waals surface area contributed by atoms with Crippen LogP contribution in [0.25, 0.3) is 0 Å². The molecular formula is C22H29BrN2O4. The Morgan fingerprint density at radius 3 is 1.93 bits per heavy atom. The van der Waals surface area contributed by atoms with Crippen LogP contribution in [0.1, 0.15) is 16.7 Å². The predicted octanol–water partition coefficient (Wildman–Crippen LogP) is 3.81. The van der Waals surface area contributed by atoms with E-state index in [0.29, 0.717) is 23.0 Å². The number of nitrogens with zero attached hydrogens (tertiary/aromatic N) is 2. The second-order valence-electron chi connectivity index (χ2n) is 7.32. The Morgan fingerprint density at radius 2 is 1.41 bits per heavy atom. The summed E-state index contributed by atoms with van der Waals surface area (Å²) in [5.41, 5.74) is 3.00. The first-order valence-corrected chi connectivity index (χ1v) is 10.5. The number of phenols is 1. The molecular weight excluding hydrogens is 436 g/mol. The van der Waals surface area contributed by atoms with Crippen LogP contribution in [-0.4, -0.2) is 62.4 Å². The van der Waals surface area contributed by atoms with E-state index in [1.807, 2.05) is 31.2 Å². The number of ether oxygens (including phenoxy) is 3. The van der Waals surface area contributed by atoms with Crippen molar-refractivity contribution >= 4 is 15.9 Å². The van der Waals surface area contributed by atoms with Gasteiger partial charge in [-0.15, -0.1) is 0 Å². The van der Waals surface area contributed by atoms with Crippen molar-refractivity contribution in [3.63, 3.8) is 0 Å². The average molecular weight is 465 g/mol. The lowest BCUT2D eigenvalue weighted by Gasteiger charge is -2.35. The summed E-state index contributed by atoms with van der Waals surface area (Å²) in [6.07, 6.45) is 0. The molecule has 0 saturated carbocycles. The number of aromatic hydroxyl groups is 1. The topological polar surface area (TPSA) is 54.4 Å². The van der Waals surface area contributed by atoms with Gasteiger partial charge in [0.15, 0.2) is 11.5 Å². The number of halogens is 1. The monoisotopic (exact) mass is 464 g/mol. The minimum absolute atomic E-state index is 0.396. The summed E-state index contributed by atoms with van der Waals surface area (Å²) in [5, 5.41) is 10.3. The molecule has 158 valence electrons. The molecule has 0 atom stereocenters. The average Bonchev–Trinajstić information content (AvgIpc) is 2.72. The Labute approximate surface area is 181 Å². The van der Waals surface area contributed by atoms with E-state index in [0.717, 1.165) is 60.4 Å². The van der Waals surface area contributed by atoms with E-state index >= 15 is 0 Å². The normalized spacial score (nSPS) is 15.3. The third-order valence-electron chi connectivity index (χ3n) is 5.33. The van der Waals surface area contributed by atoms with Crippen LogP contribution in [0.15, 0.2) is 28.7 Å². The van der Waals surface area contributed by atoms with Crippen LogP contribution in [0.2, 0.25) is 0 Å². The molecule has 0 amide bonds. The molecule has 0 aromatic heterocycles. The molecule has 0 spiro atoms. The third-order valence-corrected chi connectivity index (χ3v) is 5.79. The van der Waals surface area contributed by atoms with Gasteiger partial charge in [-0.2, -0.15) is 0 Å². The van der Waals surface area contributed by atoms with E-state index < -0.39 is 0 Å². The Hall–Kier alpha value is -1.96. The van der Waals surface area contributed by atoms with Gasteiger partial charge in [0.1, 0.15) is 5.75 Å². The van der Waals surface area contributed by atoms with E-state index in [-0.39, 0.29) is 0 Å². The van der Waals surface area contributed by atoms with Crippen LogP contribution in [0.5, 0.6) is 23.0 Å². The summed E-state index contributed by atoms with van der Waals surface area (Å²) in [6.45, 7) is 7.34. The van der Waals surface area contributed by atoms with Crippen molar-refractivity contribution in [3.8, 4) is 23.0 Å². The van der Waals surface area contributed by atoms with Crippen molar-refractivity contribution in [2.24, 2.45) is 0 Å². The van der Waals surface area contributed by atoms with Gasteiger partial charge in [-0.3, -0.25) is 9.80 Å². The van der Waals surface area contributed by atoms with Gasteiger partial charge in [0, 0.05) is 49.3 Å². The molecule has 1 aliphatic heterocycles. The highest BCUT2D eigenvalue weighted by atomic mass is 79.9. The van der Waals surface area contributed by atoms with Crippen molar-refractivity contribution in [2.75, 3.05) is 47.5 Å². The first-order chi connectivity index (χ1) is 13.9. The first-order valence-electron chi connectivity index (χ1n) is 9.66. The summed E-state index contributed by atoms with van der Waals surface area (Å²) < 4.78 is 17.3. The van der Waals surface area contributed by atoms with Gasteiger partial charge in [-0.1, -0.05) is 15.9 Å². The van der Waals surface area contributed by atoms with Crippen LogP contribution in [-0.2, 0) is 13.1 Å². The van der Waals surface area contributed by atoms with Gasteiger partial charge in [0.25, 0.3) is 0 Å². The molecule has 7 heteroatoms. The molecule has 1 fully saturated rings. The molecule has 1 heterocycles. The highest BCUT2D eigenvalue weighted by Gasteiger charge is 2.20. The first kappa shape index (κ1) is 21.7. The molecule has 1 N–H and O–H groups in total. The molecule has 0 unspecified atom stereocenters. The predicted molar refractivity (Wildman–Crippen MR) is 117 cm³/mol. The van der Waals surface area contributed by atoms with Crippen molar-refractivity contribution < 1.29 is 19.3 Å². The lowest BCUT2D eigenvalue weighted by Crippen LogP contribution is -2.45. The molecule has 0 radical (unpaired) electrons. The van der Waals surface area contributed by atoms with Crippen molar-refractivity contribution in [1.82, 2.24) is 9.80 Å². The maximum atomic E-state index is 10.3. The number of benzene rings is 2. The van der Waals surface area contributed by atoms with Crippen LogP contribution >= 0.6 is 15.9 Å². The van der Waals surface area contributed by atoms with Gasteiger partial charge in [-0.05, 0) is 42.3 Å². The highest BCUT2D eigenvalue weighted by molar-refractivity contribution is 9.10. The van der Waals surface area contributed by atoms with Crippen LogP contribution in [0, 0.1) is 6.92 Å². The molecule has 1 saturated heterocycles. The fourth-order valence-corrected chi connectivity index (χ4v) is 4.38. The standard InChI is InChI=1S/C22H29BrN2O4/c1-15-9-18(23)12-17(21(15)26)14-25-7-5-24(6-8-25)13-16-10-19(27-2)22(29-4)20(11-16)28-3/h9-12,26H,5-8,13-14H2,1-4H3. The second-order valence-corrected chi connectivity index (χ2v) is 8.23. The van der Waals surface area contributed by atoms with E-state index in [1.165, 1.54) is 0 Å². The maximum absolute atomic E-state index is 10.3. The van der Waals surface area contributed by atoms with Crippen molar-refractivity contribution in [1.29, 1.82) is 0 Å². The van der Waals surface area contributed by atoms with E-state index in [1.54, 1.807) is 21.3 Å². The molecule has 29 heavy (non-hydrogen) atoms. The summed E-state index contributed by atoms with van der Waals surface area (Å²) in [7, 11) is 4.89. The number of hydrogen-bond acceptors (Lipinski definition) is 6. The number of phenolic OH excluding ortho intramolecular Hbond substituents is 1. The maximum Gasteiger partial charge on any atom is 0.203 e. The Morgan fingerprint density at radius 1 is 0.862 bits per heavy atom. The zero-order valence-electron chi connectivity index (χ0n) is 17.5. The number of hydrogen-bond donors (Lipinski definition) is 1. The minimum atomic E-state index is 0.396. The Bertz CT molecular complexity index is 826. The minimum Gasteiger partial charge on any atom is -0.507 e. The van der Waals surface area contributed by atoms with Crippen molar-refractivity contribution in [2.45, 2.75) is 20.0 Å². The lowest BCUT2D eigenvalue weighted by atomic mass is 10.1. The fourth-order valence-electron chi connectivity index (χ4n) is 3.76. The molecule has 0 bridgehead atoms. The zero-order chi connectivity index (χ0) is 21.0. The largest absolute Gasteiger partial charge is 0.507 e. The summed E-state index contributed by atoms with van der Waals surface area (Å²) in [4.78, 5) is 4.80. The lowest BCUT2D eigenvalue weighted by molar-refractivity contribution is 0.121. The third kappa shape index (κ3) is 5.15. The van der Waals surface area contributed by atoms with Gasteiger partial charge in [0.2, 0.25) is 5.75 Å². The zero-order valence-corrected chi connectivity index (χ0v) is 19.1. The highest BCUT2D eigenvalue weighted by Crippen LogP contribution is 2.38. The van der Waals surface area contributed by atoms with E-state index in [2.05, 4.69) is 25.7 Å². The second kappa shape index (κ2) is 9.69. The van der Waals surface area contributed by atoms with Gasteiger partial charge in [-0.25, -0.2) is 0 Å². The molecule has 2 aromatic carbocycles. The smallest absolute Gasteiger partial charge is 0.203 e. The van der Waals surface area contributed by atoms with E-state index in [9.17, 15) is 5.11 Å². The van der Waals surface area contributed by atoms with Crippen LogP contribution < -0.4 is 14.2 Å². The van der Waals surface area contributed by atoms with E-state index in [4.69, 9.17) is 14.2 Å². The van der Waals surface area contributed by atoms with Crippen LogP contribution in [0.3, 0.4) is 0 Å². The Kier molecular flexibility index (Phi) is 7.27. The SMILES string of the molecule is COc1cc(CN2CCN(Cc3cc(Br)cc(C)c3O)CC2)cc(OC)c1OC. The fraction of sp³-hybridized carbons (Fsp3) is 0.455. The molecule has 1 aliphatic rings. The summed E-state index contributed by atoms with van der Waals surface area (Å²) in [6, 6.07) is 7.96. The van der Waals surface area contributed by atoms with Gasteiger partial charge < -0.3 is 19.3 Å².